The molecule has 0 aliphatic rings. The van der Waals surface area contributed by atoms with Crippen LogP contribution in [0, 0.1) is 11.3 Å². The highest BCUT2D eigenvalue weighted by molar-refractivity contribution is 6.36. The van der Waals surface area contributed by atoms with Crippen LogP contribution in [0.25, 0.3) is 0 Å². The van der Waals surface area contributed by atoms with E-state index < -0.39 is 18.5 Å². The Labute approximate surface area is 141 Å². The average molecular weight is 350 g/mol. The van der Waals surface area contributed by atoms with Crippen LogP contribution in [0.4, 0.5) is 5.82 Å². The number of hydrogen-bond donors (Lipinski definition) is 1. The fourth-order valence-corrected chi connectivity index (χ4v) is 2.00. The number of benzene rings is 1. The lowest BCUT2D eigenvalue weighted by Crippen LogP contribution is -2.21. The molecule has 23 heavy (non-hydrogen) atoms. The monoisotopic (exact) mass is 349 g/mol. The average Bonchev–Trinajstić information content (AvgIpc) is 2.55. The first-order valence-corrected chi connectivity index (χ1v) is 7.03. The van der Waals surface area contributed by atoms with Crippen molar-refractivity contribution in [1.29, 1.82) is 5.26 Å². The molecule has 0 radical (unpaired) electrons. The van der Waals surface area contributed by atoms with Crippen LogP contribution in [0.1, 0.15) is 15.9 Å². The van der Waals surface area contributed by atoms with Crippen LogP contribution in [-0.2, 0) is 9.53 Å². The molecule has 6 nitrogen and oxygen atoms in total. The van der Waals surface area contributed by atoms with E-state index in [1.807, 2.05) is 6.07 Å². The van der Waals surface area contributed by atoms with Crippen molar-refractivity contribution in [2.45, 2.75) is 0 Å². The predicted octanol–water partition coefficient (Wildman–Crippen LogP) is 3.06. The quantitative estimate of drug-likeness (QED) is 0.856. The lowest BCUT2D eigenvalue weighted by molar-refractivity contribution is -0.119. The number of esters is 1. The predicted molar refractivity (Wildman–Crippen MR) is 84.3 cm³/mol. The second-order valence-corrected chi connectivity index (χ2v) is 5.14. The second kappa shape index (κ2) is 7.58. The summed E-state index contributed by atoms with van der Waals surface area (Å²) in [5.41, 5.74) is 0.655. The van der Waals surface area contributed by atoms with Crippen molar-refractivity contribution < 1.29 is 14.3 Å². The first-order chi connectivity index (χ1) is 11.0. The van der Waals surface area contributed by atoms with Gasteiger partial charge in [-0.15, -0.1) is 0 Å². The Morgan fingerprint density at radius 1 is 1.26 bits per heavy atom. The van der Waals surface area contributed by atoms with Crippen molar-refractivity contribution in [3.63, 3.8) is 0 Å². The molecule has 2 rings (SSSR count). The molecule has 0 unspecified atom stereocenters. The van der Waals surface area contributed by atoms with Gasteiger partial charge in [0.15, 0.2) is 12.4 Å². The SMILES string of the molecule is N#Cc1ccc(C(=O)OCC(=O)Nc2ncc(Cl)cc2Cl)cc1. The Balaban J connectivity index is 1.90. The standard InChI is InChI=1S/C15H9Cl2N3O3/c16-11-5-12(17)14(19-7-11)20-13(21)8-23-15(22)10-3-1-9(6-18)2-4-10/h1-5,7H,8H2,(H,19,20,21). The largest absolute Gasteiger partial charge is 0.452 e. The van der Waals surface area contributed by atoms with E-state index in [2.05, 4.69) is 10.3 Å². The van der Waals surface area contributed by atoms with Crippen LogP contribution >= 0.6 is 23.2 Å². The number of nitriles is 1. The summed E-state index contributed by atoms with van der Waals surface area (Å²) >= 11 is 11.6. The van der Waals surface area contributed by atoms with Crippen molar-refractivity contribution in [2.75, 3.05) is 11.9 Å². The summed E-state index contributed by atoms with van der Waals surface area (Å²) in [5, 5.41) is 11.6. The molecule has 1 aromatic heterocycles. The topological polar surface area (TPSA) is 92.1 Å². The summed E-state index contributed by atoms with van der Waals surface area (Å²) in [5.74, 6) is -1.15. The number of pyridine rings is 1. The number of rotatable bonds is 4. The highest BCUT2D eigenvalue weighted by Gasteiger charge is 2.12. The van der Waals surface area contributed by atoms with Gasteiger partial charge in [-0.05, 0) is 30.3 Å². The minimum Gasteiger partial charge on any atom is -0.452 e. The van der Waals surface area contributed by atoms with Crippen LogP contribution in [0.2, 0.25) is 10.0 Å². The maximum absolute atomic E-state index is 11.8. The number of ether oxygens (including phenoxy) is 1. The summed E-state index contributed by atoms with van der Waals surface area (Å²) in [6.07, 6.45) is 1.33. The molecule has 1 aromatic carbocycles. The van der Waals surface area contributed by atoms with Gasteiger partial charge in [-0.1, -0.05) is 23.2 Å². The summed E-state index contributed by atoms with van der Waals surface area (Å²) in [4.78, 5) is 27.3. The summed E-state index contributed by atoms with van der Waals surface area (Å²) in [6.45, 7) is -0.501. The van der Waals surface area contributed by atoms with Gasteiger partial charge in [0.05, 0.1) is 27.2 Å². The minimum atomic E-state index is -0.681. The molecule has 8 heteroatoms. The Morgan fingerprint density at radius 2 is 1.96 bits per heavy atom. The molecule has 0 aliphatic heterocycles. The van der Waals surface area contributed by atoms with E-state index in [1.165, 1.54) is 36.5 Å². The molecule has 0 aliphatic carbocycles. The third kappa shape index (κ3) is 4.68. The molecule has 0 bridgehead atoms. The highest BCUT2D eigenvalue weighted by Crippen LogP contribution is 2.22. The molecule has 1 N–H and O–H groups in total. The van der Waals surface area contributed by atoms with E-state index in [4.69, 9.17) is 33.2 Å². The van der Waals surface area contributed by atoms with Gasteiger partial charge in [0.25, 0.3) is 5.91 Å². The Kier molecular flexibility index (Phi) is 5.52. The third-order valence-corrected chi connectivity index (χ3v) is 3.14. The highest BCUT2D eigenvalue weighted by atomic mass is 35.5. The van der Waals surface area contributed by atoms with Gasteiger partial charge in [0, 0.05) is 6.20 Å². The normalized spacial score (nSPS) is 9.78. The maximum Gasteiger partial charge on any atom is 0.338 e. The lowest BCUT2D eigenvalue weighted by atomic mass is 10.1. The molecular formula is C15H9Cl2N3O3. The Morgan fingerprint density at radius 3 is 2.57 bits per heavy atom. The van der Waals surface area contributed by atoms with Crippen LogP contribution < -0.4 is 5.32 Å². The molecule has 116 valence electrons. The number of nitrogens with one attached hydrogen (secondary N) is 1. The van der Waals surface area contributed by atoms with Crippen LogP contribution in [0.3, 0.4) is 0 Å². The van der Waals surface area contributed by atoms with Gasteiger partial charge in [-0.25, -0.2) is 9.78 Å². The summed E-state index contributed by atoms with van der Waals surface area (Å²) in [6, 6.07) is 9.20. The van der Waals surface area contributed by atoms with E-state index in [-0.39, 0.29) is 16.4 Å². The molecule has 0 saturated heterocycles. The Bertz CT molecular complexity index is 786. The van der Waals surface area contributed by atoms with E-state index in [0.29, 0.717) is 10.6 Å². The fourth-order valence-electron chi connectivity index (χ4n) is 1.57. The van der Waals surface area contributed by atoms with E-state index >= 15 is 0 Å². The summed E-state index contributed by atoms with van der Waals surface area (Å²) in [7, 11) is 0. The zero-order valence-electron chi connectivity index (χ0n) is 11.5. The molecule has 0 atom stereocenters. The summed E-state index contributed by atoms with van der Waals surface area (Å²) < 4.78 is 4.87. The zero-order valence-corrected chi connectivity index (χ0v) is 13.1. The number of aromatic nitrogens is 1. The number of anilines is 1. The molecule has 1 heterocycles. The molecule has 2 aromatic rings. The van der Waals surface area contributed by atoms with Crippen LogP contribution in [0.15, 0.2) is 36.5 Å². The Hall–Kier alpha value is -2.62. The molecule has 0 spiro atoms. The van der Waals surface area contributed by atoms with Crippen LogP contribution in [-0.4, -0.2) is 23.5 Å². The minimum absolute atomic E-state index is 0.121. The second-order valence-electron chi connectivity index (χ2n) is 4.30. The van der Waals surface area contributed by atoms with Crippen LogP contribution in [0.5, 0.6) is 0 Å². The molecular weight excluding hydrogens is 341 g/mol. The first-order valence-electron chi connectivity index (χ1n) is 6.28. The molecule has 1 amide bonds. The number of carbonyl (C=O) groups is 2. The van der Waals surface area contributed by atoms with Gasteiger partial charge in [0.1, 0.15) is 0 Å². The lowest BCUT2D eigenvalue weighted by Gasteiger charge is -2.07. The van der Waals surface area contributed by atoms with Crippen molar-refractivity contribution in [3.05, 3.63) is 57.7 Å². The van der Waals surface area contributed by atoms with Gasteiger partial charge < -0.3 is 10.1 Å². The van der Waals surface area contributed by atoms with Gasteiger partial charge in [-0.2, -0.15) is 5.26 Å². The van der Waals surface area contributed by atoms with Crippen molar-refractivity contribution >= 4 is 40.9 Å². The van der Waals surface area contributed by atoms with Crippen molar-refractivity contribution in [2.24, 2.45) is 0 Å². The van der Waals surface area contributed by atoms with E-state index in [0.717, 1.165) is 0 Å². The number of hydrogen-bond acceptors (Lipinski definition) is 5. The smallest absolute Gasteiger partial charge is 0.338 e. The number of halogens is 2. The van der Waals surface area contributed by atoms with Gasteiger partial charge in [-0.3, -0.25) is 4.79 Å². The number of nitrogens with zero attached hydrogens (tertiary/aromatic N) is 2. The molecule has 0 fully saturated rings. The third-order valence-electron chi connectivity index (χ3n) is 2.65. The zero-order chi connectivity index (χ0) is 16.8. The van der Waals surface area contributed by atoms with Gasteiger partial charge in [0.2, 0.25) is 0 Å². The van der Waals surface area contributed by atoms with E-state index in [1.54, 1.807) is 0 Å². The van der Waals surface area contributed by atoms with Crippen molar-refractivity contribution in [1.82, 2.24) is 4.98 Å². The number of carbonyl (C=O) groups excluding carboxylic acids is 2. The number of amides is 1. The fraction of sp³-hybridized carbons (Fsp3) is 0.0667. The van der Waals surface area contributed by atoms with Crippen molar-refractivity contribution in [3.8, 4) is 6.07 Å². The van der Waals surface area contributed by atoms with Gasteiger partial charge >= 0.3 is 5.97 Å². The molecule has 0 saturated carbocycles. The maximum atomic E-state index is 11.8. The van der Waals surface area contributed by atoms with E-state index in [9.17, 15) is 9.59 Å². The first kappa shape index (κ1) is 16.7.